The number of aromatic nitrogens is 1. The van der Waals surface area contributed by atoms with Gasteiger partial charge in [0.2, 0.25) is 11.8 Å². The van der Waals surface area contributed by atoms with Gasteiger partial charge < -0.3 is 19.9 Å². The second-order valence-corrected chi connectivity index (χ2v) is 9.09. The molecule has 4 aromatic rings. The molecular weight excluding hydrogens is 450 g/mol. The van der Waals surface area contributed by atoms with Gasteiger partial charge in [0.25, 0.3) is 0 Å². The van der Waals surface area contributed by atoms with Crippen LogP contribution in [0.3, 0.4) is 0 Å². The molecule has 6 nitrogen and oxygen atoms in total. The first-order valence-corrected chi connectivity index (χ1v) is 12.1. The summed E-state index contributed by atoms with van der Waals surface area (Å²) in [5.41, 5.74) is 5.73. The highest BCUT2D eigenvalue weighted by molar-refractivity contribution is 6.00. The number of methoxy groups -OCH3 is 1. The molecule has 3 aromatic carbocycles. The van der Waals surface area contributed by atoms with Crippen molar-refractivity contribution in [3.05, 3.63) is 101 Å². The van der Waals surface area contributed by atoms with E-state index in [0.717, 1.165) is 51.1 Å². The van der Waals surface area contributed by atoms with E-state index >= 15 is 0 Å². The van der Waals surface area contributed by atoms with Crippen molar-refractivity contribution in [3.63, 3.8) is 0 Å². The Bertz CT molecular complexity index is 1440. The highest BCUT2D eigenvalue weighted by atomic mass is 16.5. The Kier molecular flexibility index (Phi) is 6.58. The van der Waals surface area contributed by atoms with Gasteiger partial charge in [0, 0.05) is 35.8 Å². The number of H-pyrrole nitrogens is 1. The zero-order chi connectivity index (χ0) is 25.1. The number of hydrogen-bond acceptors (Lipinski definition) is 3. The molecule has 1 unspecified atom stereocenters. The summed E-state index contributed by atoms with van der Waals surface area (Å²) in [7, 11) is 3.34. The summed E-state index contributed by atoms with van der Waals surface area (Å²) in [5, 5.41) is 4.05. The molecule has 5 rings (SSSR count). The van der Waals surface area contributed by atoms with Crippen LogP contribution in [0.25, 0.3) is 17.0 Å². The predicted octanol–water partition coefficient (Wildman–Crippen LogP) is 4.68. The molecule has 1 aliphatic heterocycles. The van der Waals surface area contributed by atoms with Crippen LogP contribution in [-0.2, 0) is 28.9 Å². The summed E-state index contributed by atoms with van der Waals surface area (Å²) in [6, 6.07) is 22.8. The van der Waals surface area contributed by atoms with Gasteiger partial charge in [-0.3, -0.25) is 9.59 Å². The van der Waals surface area contributed by atoms with E-state index < -0.39 is 6.04 Å². The van der Waals surface area contributed by atoms with Crippen molar-refractivity contribution in [3.8, 4) is 5.75 Å². The molecule has 6 heteroatoms. The van der Waals surface area contributed by atoms with Gasteiger partial charge in [-0.25, -0.2) is 0 Å². The number of carbonyl (C=O) groups is 2. The number of rotatable bonds is 3. The summed E-state index contributed by atoms with van der Waals surface area (Å²) in [6.07, 6.45) is 5.51. The monoisotopic (exact) mass is 479 g/mol. The zero-order valence-corrected chi connectivity index (χ0v) is 20.5. The lowest BCUT2D eigenvalue weighted by molar-refractivity contribution is -0.127. The molecule has 2 bridgehead atoms. The number of benzene rings is 3. The van der Waals surface area contributed by atoms with Gasteiger partial charge in [0.15, 0.2) is 0 Å². The lowest BCUT2D eigenvalue weighted by Gasteiger charge is -2.25. The minimum atomic E-state index is -0.706. The fourth-order valence-electron chi connectivity index (χ4n) is 4.76. The van der Waals surface area contributed by atoms with Crippen LogP contribution in [0.5, 0.6) is 5.75 Å². The molecule has 1 aliphatic rings. The van der Waals surface area contributed by atoms with Gasteiger partial charge in [-0.2, -0.15) is 0 Å². The number of nitrogens with one attached hydrogen (secondary N) is 2. The van der Waals surface area contributed by atoms with E-state index in [9.17, 15) is 9.59 Å². The lowest BCUT2D eigenvalue weighted by atomic mass is 10.0. The van der Waals surface area contributed by atoms with Gasteiger partial charge in [0.05, 0.1) is 13.5 Å². The molecule has 2 N–H and O–H groups in total. The van der Waals surface area contributed by atoms with Gasteiger partial charge in [-0.05, 0) is 59.5 Å². The van der Waals surface area contributed by atoms with Gasteiger partial charge in [0.1, 0.15) is 11.8 Å². The summed E-state index contributed by atoms with van der Waals surface area (Å²) in [4.78, 5) is 32.0. The third kappa shape index (κ3) is 4.89. The Morgan fingerprint density at radius 2 is 1.78 bits per heavy atom. The Morgan fingerprint density at radius 3 is 2.58 bits per heavy atom. The van der Waals surface area contributed by atoms with Crippen LogP contribution in [0.15, 0.2) is 78.9 Å². The molecule has 0 radical (unpaired) electrons. The molecular formula is C30H29N3O3. The minimum absolute atomic E-state index is 0.175. The molecule has 2 heterocycles. The highest BCUT2D eigenvalue weighted by Crippen LogP contribution is 2.25. The van der Waals surface area contributed by atoms with E-state index in [1.807, 2.05) is 66.7 Å². The fourth-order valence-corrected chi connectivity index (χ4v) is 4.76. The maximum atomic E-state index is 13.6. The number of fused-ring (bicyclic) bond motifs is 5. The third-order valence-electron chi connectivity index (χ3n) is 6.68. The number of nitrogens with zero attached hydrogens (tertiary/aromatic N) is 1. The summed E-state index contributed by atoms with van der Waals surface area (Å²) >= 11 is 0. The Morgan fingerprint density at radius 1 is 1.00 bits per heavy atom. The van der Waals surface area contributed by atoms with Crippen molar-refractivity contribution >= 4 is 34.5 Å². The zero-order valence-electron chi connectivity index (χ0n) is 20.5. The van der Waals surface area contributed by atoms with Crippen molar-refractivity contribution in [2.45, 2.75) is 25.3 Å². The number of hydrogen-bond donors (Lipinski definition) is 2. The van der Waals surface area contributed by atoms with Gasteiger partial charge >= 0.3 is 0 Å². The standard InChI is InChI=1S/C30H29N3O3/c1-33(22-13-15-23(36-2)16-14-22)30(35)28-18-21-9-5-7-20(17-21)8-6-12-27-25(19-29(34)32-28)24-10-3-4-11-26(24)31-27/h3-7,9-17,28,31H,8,18-19H2,1-2H3,(H,32,34). The van der Waals surface area contributed by atoms with Crippen LogP contribution in [0.4, 0.5) is 5.69 Å². The third-order valence-corrected chi connectivity index (χ3v) is 6.68. The first-order valence-electron chi connectivity index (χ1n) is 12.1. The van der Waals surface area contributed by atoms with E-state index in [1.54, 1.807) is 19.1 Å². The van der Waals surface area contributed by atoms with E-state index in [2.05, 4.69) is 28.5 Å². The molecule has 0 fully saturated rings. The fraction of sp³-hybridized carbons (Fsp3) is 0.200. The van der Waals surface area contributed by atoms with Gasteiger partial charge in [-0.15, -0.1) is 0 Å². The maximum Gasteiger partial charge on any atom is 0.249 e. The Balaban J connectivity index is 1.50. The van der Waals surface area contributed by atoms with Crippen LogP contribution in [-0.4, -0.2) is 37.0 Å². The van der Waals surface area contributed by atoms with Crippen molar-refractivity contribution in [2.75, 3.05) is 19.1 Å². The van der Waals surface area contributed by atoms with Crippen LogP contribution < -0.4 is 15.0 Å². The molecule has 1 atom stereocenters. The largest absolute Gasteiger partial charge is 0.497 e. The van der Waals surface area contributed by atoms with E-state index in [1.165, 1.54) is 0 Å². The molecule has 0 saturated carbocycles. The summed E-state index contributed by atoms with van der Waals surface area (Å²) < 4.78 is 5.24. The average Bonchev–Trinajstić information content (AvgIpc) is 3.24. The van der Waals surface area contributed by atoms with E-state index in [0.29, 0.717) is 6.42 Å². The second kappa shape index (κ2) is 10.1. The number of allylic oxidation sites excluding steroid dienone is 1. The average molecular weight is 480 g/mol. The number of amides is 2. The van der Waals surface area contributed by atoms with Crippen LogP contribution >= 0.6 is 0 Å². The molecule has 36 heavy (non-hydrogen) atoms. The predicted molar refractivity (Wildman–Crippen MR) is 143 cm³/mol. The van der Waals surface area contributed by atoms with E-state index in [4.69, 9.17) is 4.74 Å². The van der Waals surface area contributed by atoms with Crippen LogP contribution in [0.2, 0.25) is 0 Å². The number of carbonyl (C=O) groups excluding carboxylic acids is 2. The van der Waals surface area contributed by atoms with Crippen molar-refractivity contribution < 1.29 is 14.3 Å². The molecule has 0 aliphatic carbocycles. The normalized spacial score (nSPS) is 15.7. The molecule has 0 spiro atoms. The van der Waals surface area contributed by atoms with Crippen LogP contribution in [0, 0.1) is 0 Å². The topological polar surface area (TPSA) is 74.4 Å². The molecule has 182 valence electrons. The number of anilines is 1. The van der Waals surface area contributed by atoms with E-state index in [-0.39, 0.29) is 18.2 Å². The maximum absolute atomic E-state index is 13.6. The first kappa shape index (κ1) is 23.4. The number of ether oxygens (including phenoxy) is 1. The summed E-state index contributed by atoms with van der Waals surface area (Å²) in [5.74, 6) is 0.354. The van der Waals surface area contributed by atoms with Crippen LogP contribution in [0.1, 0.15) is 22.4 Å². The Labute approximate surface area is 210 Å². The van der Waals surface area contributed by atoms with Crippen molar-refractivity contribution in [1.82, 2.24) is 10.3 Å². The quantitative estimate of drug-likeness (QED) is 0.448. The summed E-state index contributed by atoms with van der Waals surface area (Å²) in [6.45, 7) is 0. The van der Waals surface area contributed by atoms with Gasteiger partial charge in [-0.1, -0.05) is 48.5 Å². The number of para-hydroxylation sites is 1. The highest BCUT2D eigenvalue weighted by Gasteiger charge is 2.26. The van der Waals surface area contributed by atoms with Crippen molar-refractivity contribution in [1.29, 1.82) is 0 Å². The Hall–Kier alpha value is -4.32. The number of aromatic amines is 1. The first-order chi connectivity index (χ1) is 17.5. The second-order valence-electron chi connectivity index (χ2n) is 9.09. The number of likely N-dealkylation sites (N-methyl/N-ethyl adjacent to an activating group) is 1. The lowest BCUT2D eigenvalue weighted by Crippen LogP contribution is -2.49. The smallest absolute Gasteiger partial charge is 0.249 e. The molecule has 0 saturated heterocycles. The van der Waals surface area contributed by atoms with Crippen molar-refractivity contribution in [2.24, 2.45) is 0 Å². The molecule has 1 aromatic heterocycles. The minimum Gasteiger partial charge on any atom is -0.497 e. The SMILES string of the molecule is COc1ccc(N(C)C(=O)C2Cc3cccc(c3)CC=Cc3[nH]c4ccccc4c3CC(=O)N2)cc1. The molecule has 2 amide bonds.